The number of anilines is 1. The summed E-state index contributed by atoms with van der Waals surface area (Å²) in [5, 5.41) is 5.45. The molecule has 1 heterocycles. The molecule has 6 nitrogen and oxygen atoms in total. The molecule has 0 radical (unpaired) electrons. The zero-order valence-corrected chi connectivity index (χ0v) is 10.7. The van der Waals surface area contributed by atoms with Crippen LogP contribution in [0.25, 0.3) is 0 Å². The average molecular weight is 264 g/mol. The lowest BCUT2D eigenvalue weighted by atomic mass is 10.1. The molecule has 0 aliphatic carbocycles. The Bertz CT molecular complexity index is 488. The van der Waals surface area contributed by atoms with Crippen LogP contribution >= 0.6 is 0 Å². The van der Waals surface area contributed by atoms with Crippen molar-refractivity contribution in [2.24, 2.45) is 0 Å². The van der Waals surface area contributed by atoms with Gasteiger partial charge in [0.25, 0.3) is 5.91 Å². The molecular weight excluding hydrogens is 248 g/mol. The van der Waals surface area contributed by atoms with E-state index in [2.05, 4.69) is 10.6 Å². The van der Waals surface area contributed by atoms with Gasteiger partial charge in [0, 0.05) is 13.7 Å². The molecule has 0 aromatic heterocycles. The van der Waals surface area contributed by atoms with Gasteiger partial charge in [0.05, 0.1) is 18.7 Å². The third-order valence-corrected chi connectivity index (χ3v) is 2.67. The summed E-state index contributed by atoms with van der Waals surface area (Å²) in [6.07, 6.45) is 0.257. The van der Waals surface area contributed by atoms with E-state index in [-0.39, 0.29) is 24.8 Å². The Hall–Kier alpha value is -2.08. The maximum Gasteiger partial charge on any atom is 0.262 e. The van der Waals surface area contributed by atoms with Crippen molar-refractivity contribution in [3.05, 3.63) is 23.8 Å². The summed E-state index contributed by atoms with van der Waals surface area (Å²) in [7, 11) is 1.58. The van der Waals surface area contributed by atoms with Crippen molar-refractivity contribution in [1.82, 2.24) is 5.32 Å². The van der Waals surface area contributed by atoms with Gasteiger partial charge in [-0.15, -0.1) is 0 Å². The number of rotatable bonds is 5. The highest BCUT2D eigenvalue weighted by Gasteiger charge is 2.16. The number of nitrogens with one attached hydrogen (secondary N) is 2. The second-order valence-electron chi connectivity index (χ2n) is 4.19. The molecule has 0 atom stereocenters. The lowest BCUT2D eigenvalue weighted by Gasteiger charge is -2.18. The minimum atomic E-state index is -0.186. The first-order valence-electron chi connectivity index (χ1n) is 6.00. The molecule has 102 valence electrons. The van der Waals surface area contributed by atoms with Gasteiger partial charge in [0.1, 0.15) is 5.75 Å². The van der Waals surface area contributed by atoms with E-state index in [0.717, 1.165) is 5.56 Å². The van der Waals surface area contributed by atoms with Crippen LogP contribution in [0.1, 0.15) is 5.56 Å². The third-order valence-electron chi connectivity index (χ3n) is 2.67. The second-order valence-corrected chi connectivity index (χ2v) is 4.19. The van der Waals surface area contributed by atoms with Gasteiger partial charge >= 0.3 is 0 Å². The van der Waals surface area contributed by atoms with Crippen molar-refractivity contribution in [3.8, 4) is 5.75 Å². The minimum Gasteiger partial charge on any atom is -0.482 e. The van der Waals surface area contributed by atoms with Gasteiger partial charge in [-0.2, -0.15) is 0 Å². The van der Waals surface area contributed by atoms with E-state index in [1.165, 1.54) is 0 Å². The van der Waals surface area contributed by atoms with E-state index in [1.807, 2.05) is 6.07 Å². The monoisotopic (exact) mass is 264 g/mol. The molecule has 0 unspecified atom stereocenters. The van der Waals surface area contributed by atoms with E-state index < -0.39 is 0 Å². The number of methoxy groups -OCH3 is 1. The highest BCUT2D eigenvalue weighted by atomic mass is 16.5. The highest BCUT2D eigenvalue weighted by molar-refractivity contribution is 5.95. The predicted octanol–water partition coefficient (Wildman–Crippen LogP) is 0.323. The Morgan fingerprint density at radius 1 is 1.53 bits per heavy atom. The number of amides is 2. The fourth-order valence-corrected chi connectivity index (χ4v) is 1.78. The number of hydrogen-bond acceptors (Lipinski definition) is 4. The van der Waals surface area contributed by atoms with E-state index in [4.69, 9.17) is 9.47 Å². The molecule has 0 saturated carbocycles. The Morgan fingerprint density at radius 2 is 2.37 bits per heavy atom. The quantitative estimate of drug-likeness (QED) is 0.751. The number of hydrogen-bond donors (Lipinski definition) is 2. The summed E-state index contributed by atoms with van der Waals surface area (Å²) >= 11 is 0. The molecule has 0 saturated heterocycles. The summed E-state index contributed by atoms with van der Waals surface area (Å²) in [6.45, 7) is 1.00. The first-order chi connectivity index (χ1) is 9.19. The fourth-order valence-electron chi connectivity index (χ4n) is 1.78. The Kier molecular flexibility index (Phi) is 4.35. The van der Waals surface area contributed by atoms with Crippen molar-refractivity contribution < 1.29 is 19.1 Å². The number of ether oxygens (including phenoxy) is 2. The van der Waals surface area contributed by atoms with Gasteiger partial charge < -0.3 is 20.1 Å². The molecule has 1 aliphatic heterocycles. The molecule has 6 heteroatoms. The van der Waals surface area contributed by atoms with E-state index in [0.29, 0.717) is 24.6 Å². The standard InChI is InChI=1S/C13H16N2O4/c1-18-5-4-14-12(16)7-9-2-3-11-10(6-9)15-13(17)8-19-11/h2-3,6H,4-5,7-8H2,1H3,(H,14,16)(H,15,17). The molecule has 0 spiro atoms. The summed E-state index contributed by atoms with van der Waals surface area (Å²) in [5.41, 5.74) is 1.43. The van der Waals surface area contributed by atoms with Crippen LogP contribution in [-0.4, -0.2) is 38.7 Å². The lowest BCUT2D eigenvalue weighted by Crippen LogP contribution is -2.28. The number of fused-ring (bicyclic) bond motifs is 1. The zero-order chi connectivity index (χ0) is 13.7. The summed E-state index contributed by atoms with van der Waals surface area (Å²) in [5.74, 6) is 0.359. The van der Waals surface area contributed by atoms with Gasteiger partial charge in [-0.25, -0.2) is 0 Å². The molecule has 19 heavy (non-hydrogen) atoms. The van der Waals surface area contributed by atoms with Gasteiger partial charge in [-0.3, -0.25) is 9.59 Å². The van der Waals surface area contributed by atoms with Gasteiger partial charge in [0.2, 0.25) is 5.91 Å². The van der Waals surface area contributed by atoms with Crippen LogP contribution in [0.2, 0.25) is 0 Å². The molecule has 2 rings (SSSR count). The average Bonchev–Trinajstić information content (AvgIpc) is 2.38. The van der Waals surface area contributed by atoms with Crippen molar-refractivity contribution in [2.75, 3.05) is 32.2 Å². The molecule has 0 bridgehead atoms. The van der Waals surface area contributed by atoms with Crippen molar-refractivity contribution >= 4 is 17.5 Å². The number of carbonyl (C=O) groups is 2. The molecule has 2 N–H and O–H groups in total. The van der Waals surface area contributed by atoms with Crippen LogP contribution in [0.15, 0.2) is 18.2 Å². The fraction of sp³-hybridized carbons (Fsp3) is 0.385. The maximum atomic E-state index is 11.6. The smallest absolute Gasteiger partial charge is 0.262 e. The van der Waals surface area contributed by atoms with Crippen LogP contribution in [0.3, 0.4) is 0 Å². The Balaban J connectivity index is 1.96. The first-order valence-corrected chi connectivity index (χ1v) is 6.00. The normalized spacial score (nSPS) is 13.2. The molecule has 2 amide bonds. The summed E-state index contributed by atoms with van der Waals surface area (Å²) in [6, 6.07) is 5.32. The topological polar surface area (TPSA) is 76.7 Å². The van der Waals surface area contributed by atoms with Crippen LogP contribution in [0, 0.1) is 0 Å². The number of carbonyl (C=O) groups excluding carboxylic acids is 2. The van der Waals surface area contributed by atoms with Crippen molar-refractivity contribution in [1.29, 1.82) is 0 Å². The van der Waals surface area contributed by atoms with Gasteiger partial charge in [0.15, 0.2) is 6.61 Å². The largest absolute Gasteiger partial charge is 0.482 e. The molecular formula is C13H16N2O4. The van der Waals surface area contributed by atoms with Crippen LogP contribution < -0.4 is 15.4 Å². The third kappa shape index (κ3) is 3.69. The van der Waals surface area contributed by atoms with Crippen molar-refractivity contribution in [2.45, 2.75) is 6.42 Å². The van der Waals surface area contributed by atoms with Gasteiger partial charge in [-0.1, -0.05) is 6.07 Å². The van der Waals surface area contributed by atoms with E-state index in [9.17, 15) is 9.59 Å². The van der Waals surface area contributed by atoms with Crippen LogP contribution in [0.5, 0.6) is 5.75 Å². The predicted molar refractivity (Wildman–Crippen MR) is 69.2 cm³/mol. The summed E-state index contributed by atoms with van der Waals surface area (Å²) < 4.78 is 10.1. The first kappa shape index (κ1) is 13.4. The SMILES string of the molecule is COCCNC(=O)Cc1ccc2c(c1)NC(=O)CO2. The lowest BCUT2D eigenvalue weighted by molar-refractivity contribution is -0.120. The zero-order valence-electron chi connectivity index (χ0n) is 10.7. The van der Waals surface area contributed by atoms with Crippen LogP contribution in [0.4, 0.5) is 5.69 Å². The van der Waals surface area contributed by atoms with Gasteiger partial charge in [-0.05, 0) is 17.7 Å². The maximum absolute atomic E-state index is 11.6. The Morgan fingerprint density at radius 3 is 3.16 bits per heavy atom. The second kappa shape index (κ2) is 6.19. The molecule has 1 aliphatic rings. The number of benzene rings is 1. The summed E-state index contributed by atoms with van der Waals surface area (Å²) in [4.78, 5) is 22.8. The van der Waals surface area contributed by atoms with Crippen LogP contribution in [-0.2, 0) is 20.7 Å². The molecule has 1 aromatic rings. The van der Waals surface area contributed by atoms with Crippen molar-refractivity contribution in [3.63, 3.8) is 0 Å². The van der Waals surface area contributed by atoms with E-state index >= 15 is 0 Å². The molecule has 0 fully saturated rings. The highest BCUT2D eigenvalue weighted by Crippen LogP contribution is 2.28. The minimum absolute atomic E-state index is 0.0316. The van der Waals surface area contributed by atoms with E-state index in [1.54, 1.807) is 19.2 Å². The Labute approximate surface area is 111 Å². The molecule has 1 aromatic carbocycles.